The fraction of sp³-hybridized carbons (Fsp3) is 0.357. The second kappa shape index (κ2) is 5.56. The van der Waals surface area contributed by atoms with Crippen LogP contribution in [0.5, 0.6) is 5.75 Å². The number of benzene rings is 1. The molecule has 3 nitrogen and oxygen atoms in total. The van der Waals surface area contributed by atoms with Crippen LogP contribution in [-0.2, 0) is 19.3 Å². The summed E-state index contributed by atoms with van der Waals surface area (Å²) in [5.41, 5.74) is 0.0425. The van der Waals surface area contributed by atoms with Crippen LogP contribution in [0.15, 0.2) is 30.5 Å². The van der Waals surface area contributed by atoms with Crippen molar-refractivity contribution in [1.29, 1.82) is 0 Å². The highest BCUT2D eigenvalue weighted by atomic mass is 19.4. The molecule has 0 N–H and O–H groups in total. The molecule has 0 radical (unpaired) electrons. The fourth-order valence-electron chi connectivity index (χ4n) is 1.95. The van der Waals surface area contributed by atoms with Crippen molar-refractivity contribution in [2.24, 2.45) is 0 Å². The third kappa shape index (κ3) is 3.12. The van der Waals surface area contributed by atoms with Crippen molar-refractivity contribution in [3.8, 4) is 5.75 Å². The number of aryl methyl sites for hydroxylation is 2. The van der Waals surface area contributed by atoms with Crippen LogP contribution in [0.2, 0.25) is 0 Å². The Balaban J connectivity index is 2.19. The number of rotatable bonds is 4. The average molecular weight is 284 g/mol. The van der Waals surface area contributed by atoms with E-state index in [9.17, 15) is 13.2 Å². The summed E-state index contributed by atoms with van der Waals surface area (Å²) >= 11 is 0. The summed E-state index contributed by atoms with van der Waals surface area (Å²) in [7, 11) is 0. The molecule has 0 aliphatic rings. The zero-order valence-corrected chi connectivity index (χ0v) is 11.2. The molecule has 0 saturated heterocycles. The third-order valence-corrected chi connectivity index (χ3v) is 2.87. The molecule has 108 valence electrons. The Kier molecular flexibility index (Phi) is 4.01. The van der Waals surface area contributed by atoms with E-state index in [0.717, 1.165) is 11.8 Å². The highest BCUT2D eigenvalue weighted by molar-refractivity contribution is 5.35. The predicted molar refractivity (Wildman–Crippen MR) is 68.4 cm³/mol. The molecule has 0 fully saturated rings. The zero-order valence-electron chi connectivity index (χ0n) is 11.2. The highest BCUT2D eigenvalue weighted by Gasteiger charge is 2.34. The molecule has 0 spiro atoms. The smallest absolute Gasteiger partial charge is 0.419 e. The number of para-hydroxylation sites is 1. The van der Waals surface area contributed by atoms with Crippen molar-refractivity contribution in [1.82, 2.24) is 9.55 Å². The minimum atomic E-state index is -4.42. The van der Waals surface area contributed by atoms with Gasteiger partial charge in [-0.3, -0.25) is 0 Å². The summed E-state index contributed by atoms with van der Waals surface area (Å²) in [6.07, 6.45) is -2.58. The summed E-state index contributed by atoms with van der Waals surface area (Å²) in [5.74, 6) is 0.435. The standard InChI is InChI=1S/C14H15F3N2O/c1-3-19-8-10(2)18-13(19)9-20-12-7-5-4-6-11(12)14(15,16)17/h4-8H,3,9H2,1-2H3. The quantitative estimate of drug-likeness (QED) is 0.853. The number of alkyl halides is 3. The van der Waals surface area contributed by atoms with Crippen molar-refractivity contribution < 1.29 is 17.9 Å². The van der Waals surface area contributed by atoms with Gasteiger partial charge in [0, 0.05) is 12.7 Å². The summed E-state index contributed by atoms with van der Waals surface area (Å²) in [4.78, 5) is 4.25. The highest BCUT2D eigenvalue weighted by Crippen LogP contribution is 2.36. The maximum Gasteiger partial charge on any atom is 0.419 e. The van der Waals surface area contributed by atoms with Gasteiger partial charge in [-0.1, -0.05) is 12.1 Å². The van der Waals surface area contributed by atoms with Crippen molar-refractivity contribution in [2.75, 3.05) is 0 Å². The number of hydrogen-bond acceptors (Lipinski definition) is 2. The van der Waals surface area contributed by atoms with Crippen LogP contribution < -0.4 is 4.74 Å². The fourth-order valence-corrected chi connectivity index (χ4v) is 1.95. The van der Waals surface area contributed by atoms with Gasteiger partial charge in [0.25, 0.3) is 0 Å². The number of ether oxygens (including phenoxy) is 1. The van der Waals surface area contributed by atoms with E-state index in [2.05, 4.69) is 4.98 Å². The predicted octanol–water partition coefficient (Wildman–Crippen LogP) is 3.81. The van der Waals surface area contributed by atoms with Crippen LogP contribution in [0, 0.1) is 6.92 Å². The Morgan fingerprint density at radius 3 is 2.60 bits per heavy atom. The number of aromatic nitrogens is 2. The molecule has 0 bridgehead atoms. The second-order valence-corrected chi connectivity index (χ2v) is 4.37. The van der Waals surface area contributed by atoms with Gasteiger partial charge in [-0.05, 0) is 26.0 Å². The first kappa shape index (κ1) is 14.4. The lowest BCUT2D eigenvalue weighted by atomic mass is 10.2. The lowest BCUT2D eigenvalue weighted by molar-refractivity contribution is -0.139. The Bertz CT molecular complexity index is 590. The summed E-state index contributed by atoms with van der Waals surface area (Å²) < 4.78 is 45.6. The first-order chi connectivity index (χ1) is 9.41. The zero-order chi connectivity index (χ0) is 14.8. The molecule has 1 heterocycles. The molecule has 2 aromatic rings. The molecule has 0 saturated carbocycles. The molecule has 0 aliphatic heterocycles. The summed E-state index contributed by atoms with van der Waals surface area (Å²) in [6, 6.07) is 5.18. The molecule has 1 aromatic heterocycles. The van der Waals surface area contributed by atoms with Crippen molar-refractivity contribution >= 4 is 0 Å². The van der Waals surface area contributed by atoms with Gasteiger partial charge >= 0.3 is 6.18 Å². The third-order valence-electron chi connectivity index (χ3n) is 2.87. The molecule has 0 unspecified atom stereocenters. The van der Waals surface area contributed by atoms with Crippen molar-refractivity contribution in [3.63, 3.8) is 0 Å². The first-order valence-electron chi connectivity index (χ1n) is 6.23. The molecule has 2 rings (SSSR count). The van der Waals surface area contributed by atoms with Crippen molar-refractivity contribution in [2.45, 2.75) is 33.2 Å². The van der Waals surface area contributed by atoms with Crippen LogP contribution in [0.3, 0.4) is 0 Å². The molecular weight excluding hydrogens is 269 g/mol. The lowest BCUT2D eigenvalue weighted by Crippen LogP contribution is -2.10. The molecule has 20 heavy (non-hydrogen) atoms. The van der Waals surface area contributed by atoms with E-state index in [1.165, 1.54) is 18.2 Å². The van der Waals surface area contributed by atoms with Crippen LogP contribution in [-0.4, -0.2) is 9.55 Å². The van der Waals surface area contributed by atoms with E-state index < -0.39 is 11.7 Å². The van der Waals surface area contributed by atoms with Gasteiger partial charge in [0.2, 0.25) is 0 Å². The van der Waals surface area contributed by atoms with Gasteiger partial charge in [-0.25, -0.2) is 4.98 Å². The van der Waals surface area contributed by atoms with Gasteiger partial charge in [0.15, 0.2) is 0 Å². The van der Waals surface area contributed by atoms with Crippen LogP contribution in [0.25, 0.3) is 0 Å². The SMILES string of the molecule is CCn1cc(C)nc1COc1ccccc1C(F)(F)F. The van der Waals surface area contributed by atoms with E-state index in [1.54, 1.807) is 0 Å². The largest absolute Gasteiger partial charge is 0.485 e. The van der Waals surface area contributed by atoms with Gasteiger partial charge in [-0.2, -0.15) is 13.2 Å². The van der Waals surface area contributed by atoms with E-state index in [4.69, 9.17) is 4.74 Å². The number of hydrogen-bond donors (Lipinski definition) is 0. The Morgan fingerprint density at radius 1 is 1.25 bits per heavy atom. The van der Waals surface area contributed by atoms with E-state index >= 15 is 0 Å². The number of imidazole rings is 1. The molecule has 0 atom stereocenters. The Morgan fingerprint density at radius 2 is 1.95 bits per heavy atom. The second-order valence-electron chi connectivity index (χ2n) is 4.37. The van der Waals surface area contributed by atoms with Crippen LogP contribution >= 0.6 is 0 Å². The van der Waals surface area contributed by atoms with E-state index in [0.29, 0.717) is 12.4 Å². The van der Waals surface area contributed by atoms with Gasteiger partial charge in [0.05, 0.1) is 11.3 Å². The lowest BCUT2D eigenvalue weighted by Gasteiger charge is -2.13. The van der Waals surface area contributed by atoms with Crippen LogP contribution in [0.4, 0.5) is 13.2 Å². The van der Waals surface area contributed by atoms with Crippen molar-refractivity contribution in [3.05, 3.63) is 47.5 Å². The number of nitrogens with zero attached hydrogens (tertiary/aromatic N) is 2. The normalized spacial score (nSPS) is 11.7. The van der Waals surface area contributed by atoms with E-state index in [1.807, 2.05) is 24.6 Å². The minimum absolute atomic E-state index is 0.00870. The van der Waals surface area contributed by atoms with Gasteiger partial charge < -0.3 is 9.30 Å². The maximum absolute atomic E-state index is 12.8. The number of halogens is 3. The summed E-state index contributed by atoms with van der Waals surface area (Å²) in [5, 5.41) is 0. The minimum Gasteiger partial charge on any atom is -0.485 e. The van der Waals surface area contributed by atoms with Gasteiger partial charge in [-0.15, -0.1) is 0 Å². The molecule has 0 amide bonds. The van der Waals surface area contributed by atoms with Crippen LogP contribution in [0.1, 0.15) is 24.0 Å². The molecule has 6 heteroatoms. The maximum atomic E-state index is 12.8. The summed E-state index contributed by atoms with van der Waals surface area (Å²) in [6.45, 7) is 4.48. The van der Waals surface area contributed by atoms with Gasteiger partial charge in [0.1, 0.15) is 18.2 Å². The average Bonchev–Trinajstić information content (AvgIpc) is 2.76. The molecule has 0 aliphatic carbocycles. The van der Waals surface area contributed by atoms with E-state index in [-0.39, 0.29) is 12.4 Å². The Labute approximate surface area is 115 Å². The topological polar surface area (TPSA) is 27.1 Å². The molecular formula is C14H15F3N2O. The Hall–Kier alpha value is -1.98. The molecule has 1 aromatic carbocycles. The monoisotopic (exact) mass is 284 g/mol. The first-order valence-corrected chi connectivity index (χ1v) is 6.23.